The second kappa shape index (κ2) is 4.09. The minimum Gasteiger partial charge on any atom is -0.274 e. The average molecular weight is 204 g/mol. The van der Waals surface area contributed by atoms with Gasteiger partial charge in [0.1, 0.15) is 11.6 Å². The van der Waals surface area contributed by atoms with Gasteiger partial charge in [0, 0.05) is 12.1 Å². The van der Waals surface area contributed by atoms with Gasteiger partial charge in [0.05, 0.1) is 0 Å². The summed E-state index contributed by atoms with van der Waals surface area (Å²) in [4.78, 5) is 24.4. The highest BCUT2D eigenvalue weighted by molar-refractivity contribution is 6.16. The Balaban J connectivity index is 3.34. The van der Waals surface area contributed by atoms with Gasteiger partial charge in [-0.3, -0.25) is 14.5 Å². The Kier molecular flexibility index (Phi) is 3.05. The van der Waals surface area contributed by atoms with E-state index in [0.717, 1.165) is 10.5 Å². The third-order valence-corrected chi connectivity index (χ3v) is 2.22. The normalized spacial score (nSPS) is 16.3. The van der Waals surface area contributed by atoms with Crippen LogP contribution in [0, 0.1) is 11.3 Å². The van der Waals surface area contributed by atoms with Gasteiger partial charge in [-0.2, -0.15) is 5.26 Å². The monoisotopic (exact) mass is 204 g/mol. The summed E-state index contributed by atoms with van der Waals surface area (Å²) >= 11 is 0. The molecule has 0 radical (unpaired) electrons. The maximum absolute atomic E-state index is 11.8. The minimum atomic E-state index is -0.505. The molecule has 15 heavy (non-hydrogen) atoms. The molecule has 0 atom stereocenters. The van der Waals surface area contributed by atoms with Gasteiger partial charge in [0.2, 0.25) is 0 Å². The second-order valence-electron chi connectivity index (χ2n) is 3.44. The summed E-state index contributed by atoms with van der Waals surface area (Å²) in [5.74, 6) is -0.823. The zero-order valence-electron chi connectivity index (χ0n) is 9.00. The van der Waals surface area contributed by atoms with E-state index < -0.39 is 5.91 Å². The van der Waals surface area contributed by atoms with Crippen LogP contribution in [0.4, 0.5) is 0 Å². The largest absolute Gasteiger partial charge is 0.274 e. The average Bonchev–Trinajstić information content (AvgIpc) is 2.18. The van der Waals surface area contributed by atoms with E-state index in [1.165, 1.54) is 6.08 Å². The Labute approximate surface area is 88.5 Å². The molecule has 0 aliphatic carbocycles. The summed E-state index contributed by atoms with van der Waals surface area (Å²) < 4.78 is 0. The Morgan fingerprint density at radius 1 is 1.40 bits per heavy atom. The van der Waals surface area contributed by atoms with Gasteiger partial charge < -0.3 is 0 Å². The molecule has 1 rings (SSSR count). The van der Waals surface area contributed by atoms with Crippen LogP contribution in [-0.2, 0) is 9.59 Å². The van der Waals surface area contributed by atoms with E-state index in [1.807, 2.05) is 0 Å². The summed E-state index contributed by atoms with van der Waals surface area (Å²) in [5, 5.41) is 8.76. The predicted molar refractivity (Wildman–Crippen MR) is 54.5 cm³/mol. The fraction of sp³-hybridized carbons (Fsp3) is 0.364. The van der Waals surface area contributed by atoms with Crippen molar-refractivity contribution in [3.8, 4) is 6.07 Å². The fourth-order valence-electron chi connectivity index (χ4n) is 1.38. The standard InChI is InChI=1S/C11H12N2O2/c1-4-13-10(14)8(6-12)5-9(7(2)3)11(13)15/h5H,4H2,1-3H3. The number of allylic oxidation sites excluding steroid dienone is 1. The lowest BCUT2D eigenvalue weighted by atomic mass is 10.0. The van der Waals surface area contributed by atoms with Crippen molar-refractivity contribution in [2.45, 2.75) is 20.8 Å². The molecule has 0 spiro atoms. The molecule has 1 aliphatic heterocycles. The quantitative estimate of drug-likeness (QED) is 0.475. The molecule has 0 bridgehead atoms. The molecule has 0 fully saturated rings. The van der Waals surface area contributed by atoms with Crippen molar-refractivity contribution in [1.82, 2.24) is 4.90 Å². The van der Waals surface area contributed by atoms with Crippen LogP contribution in [0.2, 0.25) is 0 Å². The summed E-state index contributed by atoms with van der Waals surface area (Å²) in [6, 6.07) is 1.81. The molecule has 4 heteroatoms. The third-order valence-electron chi connectivity index (χ3n) is 2.22. The van der Waals surface area contributed by atoms with E-state index in [1.54, 1.807) is 26.8 Å². The number of nitrogens with zero attached hydrogens (tertiary/aromatic N) is 2. The first-order valence-corrected chi connectivity index (χ1v) is 4.68. The van der Waals surface area contributed by atoms with Crippen LogP contribution in [0.3, 0.4) is 0 Å². The topological polar surface area (TPSA) is 61.2 Å². The summed E-state index contributed by atoms with van der Waals surface area (Å²) in [6.45, 7) is 5.55. The van der Waals surface area contributed by atoms with Gasteiger partial charge >= 0.3 is 0 Å². The van der Waals surface area contributed by atoms with Crippen LogP contribution in [0.1, 0.15) is 20.8 Å². The van der Waals surface area contributed by atoms with Crippen LogP contribution in [0.5, 0.6) is 0 Å². The van der Waals surface area contributed by atoms with Gasteiger partial charge in [0.25, 0.3) is 11.8 Å². The molecule has 0 aromatic carbocycles. The van der Waals surface area contributed by atoms with Gasteiger partial charge in [0.15, 0.2) is 0 Å². The van der Waals surface area contributed by atoms with Crippen molar-refractivity contribution in [2.75, 3.05) is 6.54 Å². The van der Waals surface area contributed by atoms with E-state index >= 15 is 0 Å². The summed E-state index contributed by atoms with van der Waals surface area (Å²) in [7, 11) is 0. The second-order valence-corrected chi connectivity index (χ2v) is 3.44. The number of hydrogen-bond donors (Lipinski definition) is 0. The first-order chi connectivity index (χ1) is 7.02. The number of rotatable bonds is 1. The van der Waals surface area contributed by atoms with Gasteiger partial charge in [-0.25, -0.2) is 0 Å². The van der Waals surface area contributed by atoms with E-state index in [9.17, 15) is 9.59 Å². The Hall–Kier alpha value is -1.89. The molecule has 78 valence electrons. The Morgan fingerprint density at radius 3 is 2.40 bits per heavy atom. The number of likely N-dealkylation sites (N-methyl/N-ethyl adjacent to an activating group) is 1. The highest BCUT2D eigenvalue weighted by atomic mass is 16.2. The molecule has 0 saturated heterocycles. The lowest BCUT2D eigenvalue weighted by Crippen LogP contribution is -2.41. The van der Waals surface area contributed by atoms with Crippen molar-refractivity contribution < 1.29 is 9.59 Å². The number of carbonyl (C=O) groups is 2. The zero-order valence-corrected chi connectivity index (χ0v) is 9.00. The third kappa shape index (κ3) is 1.82. The van der Waals surface area contributed by atoms with E-state index in [-0.39, 0.29) is 18.0 Å². The molecule has 2 amide bonds. The molecule has 1 aliphatic rings. The van der Waals surface area contributed by atoms with Gasteiger partial charge in [-0.05, 0) is 26.8 Å². The molecule has 1 heterocycles. The maximum atomic E-state index is 11.8. The number of amides is 2. The molecular formula is C11H12N2O2. The van der Waals surface area contributed by atoms with Crippen molar-refractivity contribution in [2.24, 2.45) is 0 Å². The Bertz CT molecular complexity index is 420. The van der Waals surface area contributed by atoms with Gasteiger partial charge in [-0.1, -0.05) is 5.57 Å². The van der Waals surface area contributed by atoms with Crippen LogP contribution >= 0.6 is 0 Å². The molecular weight excluding hydrogens is 192 g/mol. The summed E-state index contributed by atoms with van der Waals surface area (Å²) in [5.41, 5.74) is 1.26. The van der Waals surface area contributed by atoms with Crippen molar-refractivity contribution >= 4 is 11.8 Å². The number of hydrogen-bond acceptors (Lipinski definition) is 3. The lowest BCUT2D eigenvalue weighted by molar-refractivity contribution is -0.140. The SMILES string of the molecule is CCN1C(=O)C(C#N)=CC(=C(C)C)C1=O. The molecule has 0 aromatic rings. The van der Waals surface area contributed by atoms with E-state index in [0.29, 0.717) is 5.57 Å². The number of imide groups is 1. The van der Waals surface area contributed by atoms with Crippen molar-refractivity contribution in [1.29, 1.82) is 5.26 Å². The van der Waals surface area contributed by atoms with Crippen molar-refractivity contribution in [3.05, 3.63) is 22.8 Å². The van der Waals surface area contributed by atoms with Crippen LogP contribution in [0.15, 0.2) is 22.8 Å². The van der Waals surface area contributed by atoms with E-state index in [2.05, 4.69) is 0 Å². The number of carbonyl (C=O) groups excluding carboxylic acids is 2. The molecule has 0 unspecified atom stereocenters. The Morgan fingerprint density at radius 2 is 2.00 bits per heavy atom. The highest BCUT2D eigenvalue weighted by Gasteiger charge is 2.30. The zero-order chi connectivity index (χ0) is 11.6. The fourth-order valence-corrected chi connectivity index (χ4v) is 1.38. The number of nitriles is 1. The molecule has 4 nitrogen and oxygen atoms in total. The minimum absolute atomic E-state index is 0.0210. The first kappa shape index (κ1) is 11.2. The highest BCUT2D eigenvalue weighted by Crippen LogP contribution is 2.19. The smallest absolute Gasteiger partial charge is 0.271 e. The van der Waals surface area contributed by atoms with E-state index in [4.69, 9.17) is 5.26 Å². The van der Waals surface area contributed by atoms with Crippen LogP contribution in [-0.4, -0.2) is 23.3 Å². The molecule has 0 aromatic heterocycles. The van der Waals surface area contributed by atoms with Crippen LogP contribution < -0.4 is 0 Å². The van der Waals surface area contributed by atoms with Crippen molar-refractivity contribution in [3.63, 3.8) is 0 Å². The maximum Gasteiger partial charge on any atom is 0.271 e. The molecule has 0 N–H and O–H groups in total. The first-order valence-electron chi connectivity index (χ1n) is 4.68. The summed E-state index contributed by atoms with van der Waals surface area (Å²) in [6.07, 6.45) is 1.37. The predicted octanol–water partition coefficient (Wildman–Crippen LogP) is 1.16. The van der Waals surface area contributed by atoms with Gasteiger partial charge in [-0.15, -0.1) is 0 Å². The lowest BCUT2D eigenvalue weighted by Gasteiger charge is -2.23. The van der Waals surface area contributed by atoms with Crippen LogP contribution in [0.25, 0.3) is 0 Å². The molecule has 0 saturated carbocycles.